The lowest BCUT2D eigenvalue weighted by Crippen LogP contribution is -2.36. The molecule has 1 heterocycles. The van der Waals surface area contributed by atoms with Crippen molar-refractivity contribution in [3.63, 3.8) is 0 Å². The van der Waals surface area contributed by atoms with Gasteiger partial charge in [0.25, 0.3) is 0 Å². The number of aryl methyl sites for hydroxylation is 2. The summed E-state index contributed by atoms with van der Waals surface area (Å²) in [6.07, 6.45) is 3.86. The van der Waals surface area contributed by atoms with Gasteiger partial charge in [0.15, 0.2) is 0 Å². The molecule has 0 N–H and O–H groups in total. The smallest absolute Gasteiger partial charge is 0.318 e. The number of piperidine rings is 1. The van der Waals surface area contributed by atoms with Crippen LogP contribution < -0.4 is 0 Å². The molecule has 4 rings (SSSR count). The molecule has 1 fully saturated rings. The van der Waals surface area contributed by atoms with Gasteiger partial charge in [-0.05, 0) is 55.0 Å². The number of ether oxygens (including phenoxy) is 1. The number of hydrogen-bond acceptors (Lipinski definition) is 3. The normalized spacial score (nSPS) is 18.9. The second kappa shape index (κ2) is 7.01. The third-order valence-corrected chi connectivity index (χ3v) is 5.58. The summed E-state index contributed by atoms with van der Waals surface area (Å²) in [5.74, 6) is -0.383. The Morgan fingerprint density at radius 1 is 0.920 bits per heavy atom. The summed E-state index contributed by atoms with van der Waals surface area (Å²) in [7, 11) is 2.12. The average Bonchev–Trinajstić information content (AvgIpc) is 2.80. The van der Waals surface area contributed by atoms with Gasteiger partial charge in [0.1, 0.15) is 12.0 Å². The first-order valence-electron chi connectivity index (χ1n) is 9.27. The van der Waals surface area contributed by atoms with E-state index in [1.165, 1.54) is 11.1 Å². The SMILES string of the molecule is CN1CCC(OC(=O)C2c3ccccc3CCc3ccccc32)CC1. The van der Waals surface area contributed by atoms with Gasteiger partial charge in [0.2, 0.25) is 0 Å². The largest absolute Gasteiger partial charge is 0.462 e. The van der Waals surface area contributed by atoms with E-state index in [2.05, 4.69) is 48.3 Å². The molecule has 0 spiro atoms. The zero-order valence-corrected chi connectivity index (χ0v) is 14.8. The third-order valence-electron chi connectivity index (χ3n) is 5.58. The number of likely N-dealkylation sites (tertiary alicyclic amines) is 1. The first-order chi connectivity index (χ1) is 12.2. The van der Waals surface area contributed by atoms with Crippen LogP contribution in [0.2, 0.25) is 0 Å². The van der Waals surface area contributed by atoms with Crippen LogP contribution in [-0.2, 0) is 22.4 Å². The van der Waals surface area contributed by atoms with Crippen molar-refractivity contribution in [2.75, 3.05) is 20.1 Å². The Morgan fingerprint density at radius 2 is 1.44 bits per heavy atom. The lowest BCUT2D eigenvalue weighted by molar-refractivity contribution is -0.151. The molecule has 1 aliphatic carbocycles. The number of benzene rings is 2. The highest BCUT2D eigenvalue weighted by molar-refractivity contribution is 5.83. The number of rotatable bonds is 2. The molecule has 0 unspecified atom stereocenters. The summed E-state index contributed by atoms with van der Waals surface area (Å²) in [5.41, 5.74) is 4.77. The van der Waals surface area contributed by atoms with Crippen LogP contribution in [0.25, 0.3) is 0 Å². The quantitative estimate of drug-likeness (QED) is 0.786. The van der Waals surface area contributed by atoms with E-state index in [1.807, 2.05) is 12.1 Å². The van der Waals surface area contributed by atoms with Crippen LogP contribution in [0.15, 0.2) is 48.5 Å². The highest BCUT2D eigenvalue weighted by atomic mass is 16.5. The topological polar surface area (TPSA) is 29.5 Å². The van der Waals surface area contributed by atoms with Crippen molar-refractivity contribution in [2.24, 2.45) is 0 Å². The van der Waals surface area contributed by atoms with E-state index in [-0.39, 0.29) is 18.0 Å². The monoisotopic (exact) mass is 335 g/mol. The van der Waals surface area contributed by atoms with E-state index in [1.54, 1.807) is 0 Å². The van der Waals surface area contributed by atoms with E-state index >= 15 is 0 Å². The van der Waals surface area contributed by atoms with Crippen molar-refractivity contribution in [3.8, 4) is 0 Å². The van der Waals surface area contributed by atoms with Crippen LogP contribution in [0, 0.1) is 0 Å². The molecule has 2 aromatic carbocycles. The molecule has 0 saturated carbocycles. The molecule has 0 aromatic heterocycles. The van der Waals surface area contributed by atoms with Gasteiger partial charge in [-0.1, -0.05) is 48.5 Å². The van der Waals surface area contributed by atoms with Gasteiger partial charge in [-0.15, -0.1) is 0 Å². The molecular weight excluding hydrogens is 310 g/mol. The summed E-state index contributed by atoms with van der Waals surface area (Å²) >= 11 is 0. The van der Waals surface area contributed by atoms with Crippen LogP contribution >= 0.6 is 0 Å². The number of hydrogen-bond donors (Lipinski definition) is 0. The summed E-state index contributed by atoms with van der Waals surface area (Å²) in [5, 5.41) is 0. The molecule has 3 nitrogen and oxygen atoms in total. The van der Waals surface area contributed by atoms with Crippen LogP contribution in [-0.4, -0.2) is 37.1 Å². The van der Waals surface area contributed by atoms with Gasteiger partial charge in [0.05, 0.1) is 0 Å². The van der Waals surface area contributed by atoms with Gasteiger partial charge in [-0.25, -0.2) is 0 Å². The maximum atomic E-state index is 13.2. The van der Waals surface area contributed by atoms with E-state index in [4.69, 9.17) is 4.74 Å². The minimum atomic E-state index is -0.297. The van der Waals surface area contributed by atoms with Crippen molar-refractivity contribution >= 4 is 5.97 Å². The van der Waals surface area contributed by atoms with Crippen LogP contribution in [0.3, 0.4) is 0 Å². The van der Waals surface area contributed by atoms with Crippen molar-refractivity contribution < 1.29 is 9.53 Å². The molecule has 2 aliphatic rings. The van der Waals surface area contributed by atoms with Crippen LogP contribution in [0.4, 0.5) is 0 Å². The summed E-state index contributed by atoms with van der Waals surface area (Å²) in [6, 6.07) is 16.7. The van der Waals surface area contributed by atoms with E-state index in [9.17, 15) is 4.79 Å². The van der Waals surface area contributed by atoms with Crippen molar-refractivity contribution in [2.45, 2.75) is 37.7 Å². The van der Waals surface area contributed by atoms with Gasteiger partial charge >= 0.3 is 5.97 Å². The zero-order chi connectivity index (χ0) is 17.2. The van der Waals surface area contributed by atoms with Crippen LogP contribution in [0.5, 0.6) is 0 Å². The maximum Gasteiger partial charge on any atom is 0.318 e. The number of esters is 1. The molecule has 25 heavy (non-hydrogen) atoms. The first kappa shape index (κ1) is 16.3. The molecule has 2 aromatic rings. The van der Waals surface area contributed by atoms with E-state index < -0.39 is 0 Å². The Hall–Kier alpha value is -2.13. The third kappa shape index (κ3) is 3.34. The van der Waals surface area contributed by atoms with Crippen LogP contribution in [0.1, 0.15) is 41.0 Å². The number of fused-ring (bicyclic) bond motifs is 2. The summed E-state index contributed by atoms with van der Waals surface area (Å²) < 4.78 is 5.98. The minimum absolute atomic E-state index is 0.0475. The highest BCUT2D eigenvalue weighted by Crippen LogP contribution is 2.35. The molecule has 0 radical (unpaired) electrons. The lowest BCUT2D eigenvalue weighted by Gasteiger charge is -2.30. The van der Waals surface area contributed by atoms with Crippen molar-refractivity contribution in [1.29, 1.82) is 0 Å². The second-order valence-corrected chi connectivity index (χ2v) is 7.27. The first-order valence-corrected chi connectivity index (χ1v) is 9.27. The number of nitrogens with zero attached hydrogens (tertiary/aromatic N) is 1. The van der Waals surface area contributed by atoms with Gasteiger partial charge in [-0.3, -0.25) is 4.79 Å². The van der Waals surface area contributed by atoms with Crippen molar-refractivity contribution in [3.05, 3.63) is 70.8 Å². The highest BCUT2D eigenvalue weighted by Gasteiger charge is 2.32. The Kier molecular flexibility index (Phi) is 4.58. The number of carbonyl (C=O) groups is 1. The van der Waals surface area contributed by atoms with E-state index in [0.29, 0.717) is 0 Å². The number of carbonyl (C=O) groups excluding carboxylic acids is 1. The minimum Gasteiger partial charge on any atom is -0.462 e. The van der Waals surface area contributed by atoms with Gasteiger partial charge in [0, 0.05) is 13.1 Å². The van der Waals surface area contributed by atoms with E-state index in [0.717, 1.165) is 49.9 Å². The molecule has 0 bridgehead atoms. The summed E-state index contributed by atoms with van der Waals surface area (Å²) in [6.45, 7) is 1.99. The Bertz CT molecular complexity index is 715. The van der Waals surface area contributed by atoms with Gasteiger partial charge < -0.3 is 9.64 Å². The Morgan fingerprint density at radius 3 is 2.00 bits per heavy atom. The molecule has 1 aliphatic heterocycles. The predicted molar refractivity (Wildman–Crippen MR) is 98.7 cm³/mol. The Balaban J connectivity index is 1.66. The van der Waals surface area contributed by atoms with Crippen molar-refractivity contribution in [1.82, 2.24) is 4.90 Å². The Labute approximate surface area is 149 Å². The molecule has 0 atom stereocenters. The fourth-order valence-corrected chi connectivity index (χ4v) is 4.11. The molecule has 3 heteroatoms. The second-order valence-electron chi connectivity index (χ2n) is 7.27. The maximum absolute atomic E-state index is 13.2. The standard InChI is InChI=1S/C22H25NO2/c1-23-14-12-18(13-15-23)25-22(24)21-19-8-4-2-6-16(19)10-11-17-7-3-5-9-20(17)21/h2-9,18,21H,10-15H2,1H3. The van der Waals surface area contributed by atoms with Gasteiger partial charge in [-0.2, -0.15) is 0 Å². The molecule has 0 amide bonds. The summed E-state index contributed by atoms with van der Waals surface area (Å²) in [4.78, 5) is 15.5. The lowest BCUT2D eigenvalue weighted by atomic mass is 9.88. The zero-order valence-electron chi connectivity index (χ0n) is 14.8. The fraction of sp³-hybridized carbons (Fsp3) is 0.409. The average molecular weight is 335 g/mol. The molecule has 130 valence electrons. The fourth-order valence-electron chi connectivity index (χ4n) is 4.11. The predicted octanol–water partition coefficient (Wildman–Crippen LogP) is 3.55. The molecule has 1 saturated heterocycles. The molecular formula is C22H25NO2.